The molecule has 0 bridgehead atoms. The first-order valence-electron chi connectivity index (χ1n) is 9.14. The molecule has 2 aliphatic rings. The third kappa shape index (κ3) is 3.50. The van der Waals surface area contributed by atoms with Crippen LogP contribution in [0.1, 0.15) is 36.3 Å². The standard InChI is InChI=1S/C19H28N4O3/c1-18(2)13-23(17(24)16-10-15(11-20)12-21(16)3)5-4-19(18,25)14-22-6-8-26-9-7-22/h10,12,25H,4-9,13-14H2,1-3H3/t19-/m0/s1. The van der Waals surface area contributed by atoms with Crippen LogP contribution in [0.3, 0.4) is 0 Å². The van der Waals surface area contributed by atoms with Crippen LogP contribution in [0.25, 0.3) is 0 Å². The van der Waals surface area contributed by atoms with Crippen molar-refractivity contribution in [3.05, 3.63) is 23.5 Å². The summed E-state index contributed by atoms with van der Waals surface area (Å²) in [5.74, 6) is -0.0875. The van der Waals surface area contributed by atoms with E-state index in [0.29, 0.717) is 50.5 Å². The number of aromatic nitrogens is 1. The molecule has 0 saturated carbocycles. The Kier molecular flexibility index (Phi) is 5.11. The molecular weight excluding hydrogens is 332 g/mol. The van der Waals surface area contributed by atoms with Crippen molar-refractivity contribution in [2.24, 2.45) is 12.5 Å². The number of β-amino-alcohol motifs (C(OH)–C–C–N with tert-alkyl or cyclic N) is 1. The van der Waals surface area contributed by atoms with Crippen molar-refractivity contribution in [2.45, 2.75) is 25.9 Å². The monoisotopic (exact) mass is 360 g/mol. The third-order valence-corrected chi connectivity index (χ3v) is 5.87. The van der Waals surface area contributed by atoms with Gasteiger partial charge in [-0.2, -0.15) is 5.26 Å². The van der Waals surface area contributed by atoms with E-state index >= 15 is 0 Å². The molecule has 7 heteroatoms. The Morgan fingerprint density at radius 1 is 1.35 bits per heavy atom. The zero-order valence-corrected chi connectivity index (χ0v) is 15.9. The maximum atomic E-state index is 12.9. The van der Waals surface area contributed by atoms with E-state index in [1.54, 1.807) is 28.8 Å². The van der Waals surface area contributed by atoms with E-state index in [1.807, 2.05) is 13.8 Å². The van der Waals surface area contributed by atoms with Gasteiger partial charge < -0.3 is 19.3 Å². The van der Waals surface area contributed by atoms with Gasteiger partial charge in [-0.25, -0.2) is 0 Å². The molecule has 2 aliphatic heterocycles. The fourth-order valence-electron chi connectivity index (χ4n) is 3.96. The number of likely N-dealkylation sites (tertiary alicyclic amines) is 1. The highest BCUT2D eigenvalue weighted by Crippen LogP contribution is 2.39. The summed E-state index contributed by atoms with van der Waals surface area (Å²) in [7, 11) is 1.78. The lowest BCUT2D eigenvalue weighted by molar-refractivity contribution is -0.133. The number of piperidine rings is 1. The summed E-state index contributed by atoms with van der Waals surface area (Å²) in [6.45, 7) is 8.73. The number of carbonyl (C=O) groups excluding carboxylic acids is 1. The number of ether oxygens (including phenoxy) is 1. The SMILES string of the molecule is Cn1cc(C#N)cc1C(=O)N1CC[C@](O)(CN2CCOCC2)C(C)(C)C1. The topological polar surface area (TPSA) is 81.7 Å². The number of hydrogen-bond acceptors (Lipinski definition) is 5. The summed E-state index contributed by atoms with van der Waals surface area (Å²) in [6, 6.07) is 3.70. The minimum absolute atomic E-state index is 0.0875. The highest BCUT2D eigenvalue weighted by molar-refractivity contribution is 5.93. The highest BCUT2D eigenvalue weighted by Gasteiger charge is 2.49. The molecule has 3 heterocycles. The molecular formula is C19H28N4O3. The number of nitriles is 1. The van der Waals surface area contributed by atoms with Crippen molar-refractivity contribution < 1.29 is 14.6 Å². The lowest BCUT2D eigenvalue weighted by Crippen LogP contribution is -2.63. The summed E-state index contributed by atoms with van der Waals surface area (Å²) in [4.78, 5) is 17.0. The summed E-state index contributed by atoms with van der Waals surface area (Å²) in [5, 5.41) is 20.4. The number of hydrogen-bond donors (Lipinski definition) is 1. The predicted octanol–water partition coefficient (Wildman–Crippen LogP) is 0.832. The lowest BCUT2D eigenvalue weighted by atomic mass is 9.69. The van der Waals surface area contributed by atoms with E-state index in [0.717, 1.165) is 13.1 Å². The highest BCUT2D eigenvalue weighted by atomic mass is 16.5. The summed E-state index contributed by atoms with van der Waals surface area (Å²) >= 11 is 0. The number of morpholine rings is 1. The summed E-state index contributed by atoms with van der Waals surface area (Å²) in [6.07, 6.45) is 2.20. The average Bonchev–Trinajstić information content (AvgIpc) is 2.98. The number of aryl methyl sites for hydroxylation is 1. The van der Waals surface area contributed by atoms with E-state index in [2.05, 4.69) is 11.0 Å². The Morgan fingerprint density at radius 3 is 2.62 bits per heavy atom. The van der Waals surface area contributed by atoms with Crippen LogP contribution in [-0.2, 0) is 11.8 Å². The molecule has 1 atom stereocenters. The molecule has 0 spiro atoms. The molecule has 26 heavy (non-hydrogen) atoms. The summed E-state index contributed by atoms with van der Waals surface area (Å²) < 4.78 is 7.09. The van der Waals surface area contributed by atoms with E-state index in [-0.39, 0.29) is 5.91 Å². The van der Waals surface area contributed by atoms with E-state index in [9.17, 15) is 9.90 Å². The van der Waals surface area contributed by atoms with E-state index < -0.39 is 11.0 Å². The van der Waals surface area contributed by atoms with Crippen molar-refractivity contribution in [1.29, 1.82) is 5.26 Å². The van der Waals surface area contributed by atoms with Gasteiger partial charge in [0.05, 0.1) is 24.4 Å². The summed E-state index contributed by atoms with van der Waals surface area (Å²) in [5.41, 5.74) is -0.276. The number of amides is 1. The maximum absolute atomic E-state index is 12.9. The van der Waals surface area contributed by atoms with Crippen LogP contribution in [0, 0.1) is 16.7 Å². The molecule has 1 aromatic heterocycles. The van der Waals surface area contributed by atoms with Gasteiger partial charge in [0, 0.05) is 51.4 Å². The first-order valence-corrected chi connectivity index (χ1v) is 9.14. The minimum Gasteiger partial charge on any atom is -0.388 e. The Hall–Kier alpha value is -1.88. The van der Waals surface area contributed by atoms with Gasteiger partial charge in [-0.3, -0.25) is 9.69 Å². The van der Waals surface area contributed by atoms with Crippen LogP contribution in [-0.4, -0.2) is 76.9 Å². The number of carbonyl (C=O) groups is 1. The molecule has 3 rings (SSSR count). The predicted molar refractivity (Wildman–Crippen MR) is 96.6 cm³/mol. The van der Waals surface area contributed by atoms with Crippen LogP contribution in [0.4, 0.5) is 0 Å². The van der Waals surface area contributed by atoms with Gasteiger partial charge in [-0.05, 0) is 12.5 Å². The Balaban J connectivity index is 1.72. The van der Waals surface area contributed by atoms with Crippen molar-refractivity contribution in [3.8, 4) is 6.07 Å². The molecule has 1 amide bonds. The maximum Gasteiger partial charge on any atom is 0.270 e. The molecule has 0 aliphatic carbocycles. The first-order chi connectivity index (χ1) is 12.3. The normalized spacial score (nSPS) is 26.5. The van der Waals surface area contributed by atoms with Crippen molar-refractivity contribution in [3.63, 3.8) is 0 Å². The second-order valence-corrected chi connectivity index (χ2v) is 8.12. The zero-order chi connectivity index (χ0) is 18.9. The van der Waals surface area contributed by atoms with Gasteiger partial charge >= 0.3 is 0 Å². The third-order valence-electron chi connectivity index (χ3n) is 5.87. The quantitative estimate of drug-likeness (QED) is 0.864. The van der Waals surface area contributed by atoms with E-state index in [1.165, 1.54) is 0 Å². The largest absolute Gasteiger partial charge is 0.388 e. The fourth-order valence-corrected chi connectivity index (χ4v) is 3.96. The van der Waals surface area contributed by atoms with Crippen LogP contribution in [0.2, 0.25) is 0 Å². The van der Waals surface area contributed by atoms with Gasteiger partial charge in [0.2, 0.25) is 0 Å². The van der Waals surface area contributed by atoms with Gasteiger partial charge in [0.15, 0.2) is 0 Å². The molecule has 0 radical (unpaired) electrons. The molecule has 1 aromatic rings. The van der Waals surface area contributed by atoms with Crippen molar-refractivity contribution in [1.82, 2.24) is 14.4 Å². The fraction of sp³-hybridized carbons (Fsp3) is 0.684. The smallest absolute Gasteiger partial charge is 0.270 e. The molecule has 142 valence electrons. The zero-order valence-electron chi connectivity index (χ0n) is 15.9. The number of nitrogens with zero attached hydrogens (tertiary/aromatic N) is 4. The lowest BCUT2D eigenvalue weighted by Gasteiger charge is -2.52. The molecule has 0 unspecified atom stereocenters. The van der Waals surface area contributed by atoms with Crippen LogP contribution in [0.15, 0.2) is 12.3 Å². The molecule has 0 aromatic carbocycles. The van der Waals surface area contributed by atoms with Gasteiger partial charge in [-0.1, -0.05) is 13.8 Å². The Bertz CT molecular complexity index is 715. The van der Waals surface area contributed by atoms with Crippen molar-refractivity contribution in [2.75, 3.05) is 45.9 Å². The van der Waals surface area contributed by atoms with Crippen LogP contribution in [0.5, 0.6) is 0 Å². The van der Waals surface area contributed by atoms with Gasteiger partial charge in [-0.15, -0.1) is 0 Å². The number of rotatable bonds is 3. The van der Waals surface area contributed by atoms with Crippen LogP contribution >= 0.6 is 0 Å². The first kappa shape index (κ1) is 18.9. The van der Waals surface area contributed by atoms with Crippen LogP contribution < -0.4 is 0 Å². The average molecular weight is 360 g/mol. The number of aliphatic hydroxyl groups is 1. The van der Waals surface area contributed by atoms with Gasteiger partial charge in [0.1, 0.15) is 11.8 Å². The Morgan fingerprint density at radius 2 is 2.04 bits per heavy atom. The second-order valence-electron chi connectivity index (χ2n) is 8.12. The van der Waals surface area contributed by atoms with Crippen molar-refractivity contribution >= 4 is 5.91 Å². The second kappa shape index (κ2) is 7.03. The Labute approximate surface area is 154 Å². The van der Waals surface area contributed by atoms with E-state index in [4.69, 9.17) is 10.00 Å². The minimum atomic E-state index is -0.840. The van der Waals surface area contributed by atoms with Gasteiger partial charge in [0.25, 0.3) is 5.91 Å². The molecule has 1 N–H and O–H groups in total. The molecule has 7 nitrogen and oxygen atoms in total. The molecule has 2 fully saturated rings. The molecule has 2 saturated heterocycles.